The van der Waals surface area contributed by atoms with Crippen LogP contribution < -0.4 is 0 Å². The predicted molar refractivity (Wildman–Crippen MR) is 108 cm³/mol. The van der Waals surface area contributed by atoms with Gasteiger partial charge in [-0.25, -0.2) is 9.07 Å². The van der Waals surface area contributed by atoms with E-state index in [1.165, 1.54) is 42.5 Å². The van der Waals surface area contributed by atoms with Gasteiger partial charge in [0.05, 0.1) is 17.6 Å². The number of fused-ring (bicyclic) bond motifs is 1. The molecule has 0 saturated heterocycles. The van der Waals surface area contributed by atoms with Crippen LogP contribution in [0.15, 0.2) is 66.9 Å². The Bertz CT molecular complexity index is 925. The maximum atomic E-state index is 13.2. The van der Waals surface area contributed by atoms with Crippen molar-refractivity contribution in [3.63, 3.8) is 0 Å². The first kappa shape index (κ1) is 17.7. The number of hydrogen-bond donors (Lipinski definition) is 0. The number of benzene rings is 2. The second-order valence-corrected chi connectivity index (χ2v) is 7.80. The molecular formula is C24H25FN2. The van der Waals surface area contributed by atoms with Crippen LogP contribution in [-0.4, -0.2) is 9.78 Å². The van der Waals surface area contributed by atoms with E-state index in [0.29, 0.717) is 0 Å². The second-order valence-electron chi connectivity index (χ2n) is 7.80. The molecule has 27 heavy (non-hydrogen) atoms. The highest BCUT2D eigenvalue weighted by Gasteiger charge is 2.27. The fourth-order valence-corrected chi connectivity index (χ4v) is 3.94. The summed E-state index contributed by atoms with van der Waals surface area (Å²) in [4.78, 5) is 0. The van der Waals surface area contributed by atoms with Crippen molar-refractivity contribution in [3.8, 4) is 5.69 Å². The second kappa shape index (κ2) is 7.51. The number of rotatable bonds is 6. The lowest BCUT2D eigenvalue weighted by molar-refractivity contribution is 0.369. The molecule has 2 nitrogen and oxygen atoms in total. The maximum Gasteiger partial charge on any atom is 0.123 e. The van der Waals surface area contributed by atoms with E-state index in [1.54, 1.807) is 12.1 Å². The summed E-state index contributed by atoms with van der Waals surface area (Å²) in [6, 6.07) is 17.2. The van der Waals surface area contributed by atoms with Crippen molar-refractivity contribution in [2.45, 2.75) is 39.0 Å². The van der Waals surface area contributed by atoms with Crippen LogP contribution in [-0.2, 0) is 12.8 Å². The third-order valence-corrected chi connectivity index (χ3v) is 5.50. The highest BCUT2D eigenvalue weighted by atomic mass is 19.1. The standard InChI is InChI=1S/C24H25FN2/c1-24(15-6-5-9-19-7-3-2-4-8-19)16-14-23-20(17-24)18-26-27(23)22-12-10-21(25)11-13-22/h2-4,7-8,10-14,16,18H,5-6,9,15,17H2,1H3/t24-/m0/s1. The Morgan fingerprint density at radius 1 is 1.04 bits per heavy atom. The smallest absolute Gasteiger partial charge is 0.123 e. The van der Waals surface area contributed by atoms with Gasteiger partial charge >= 0.3 is 0 Å². The molecule has 1 heterocycles. The molecule has 2 aromatic carbocycles. The van der Waals surface area contributed by atoms with Crippen molar-refractivity contribution in [2.75, 3.05) is 0 Å². The molecule has 1 aliphatic carbocycles. The molecule has 3 aromatic rings. The van der Waals surface area contributed by atoms with Crippen molar-refractivity contribution in [2.24, 2.45) is 5.41 Å². The number of unbranched alkanes of at least 4 members (excludes halogenated alkanes) is 1. The first-order valence-electron chi connectivity index (χ1n) is 9.69. The minimum atomic E-state index is -0.224. The lowest BCUT2D eigenvalue weighted by Gasteiger charge is -2.29. The van der Waals surface area contributed by atoms with Crippen LogP contribution in [0.1, 0.15) is 43.0 Å². The molecule has 0 bridgehead atoms. The topological polar surface area (TPSA) is 17.8 Å². The van der Waals surface area contributed by atoms with Crippen LogP contribution in [0.4, 0.5) is 4.39 Å². The number of halogens is 1. The molecule has 138 valence electrons. The average molecular weight is 360 g/mol. The van der Waals surface area contributed by atoms with Crippen LogP contribution in [0.3, 0.4) is 0 Å². The normalized spacial score (nSPS) is 18.4. The van der Waals surface area contributed by atoms with Gasteiger partial charge in [0.25, 0.3) is 0 Å². The summed E-state index contributed by atoms with van der Waals surface area (Å²) in [6.45, 7) is 2.34. The largest absolute Gasteiger partial charge is 0.233 e. The molecule has 1 aliphatic rings. The van der Waals surface area contributed by atoms with Crippen LogP contribution in [0.5, 0.6) is 0 Å². The number of nitrogens with zero attached hydrogens (tertiary/aromatic N) is 2. The zero-order chi connectivity index (χ0) is 18.7. The van der Waals surface area contributed by atoms with E-state index < -0.39 is 0 Å². The molecule has 0 radical (unpaired) electrons. The molecule has 0 spiro atoms. The van der Waals surface area contributed by atoms with E-state index in [2.05, 4.69) is 54.5 Å². The summed E-state index contributed by atoms with van der Waals surface area (Å²) in [5.41, 5.74) is 4.88. The van der Waals surface area contributed by atoms with Gasteiger partial charge in [0.2, 0.25) is 0 Å². The molecular weight excluding hydrogens is 335 g/mol. The Kier molecular flexibility index (Phi) is 4.93. The minimum absolute atomic E-state index is 0.181. The summed E-state index contributed by atoms with van der Waals surface area (Å²) < 4.78 is 15.1. The lowest BCUT2D eigenvalue weighted by Crippen LogP contribution is -2.20. The zero-order valence-corrected chi connectivity index (χ0v) is 15.7. The molecule has 0 N–H and O–H groups in total. The summed E-state index contributed by atoms with van der Waals surface area (Å²) >= 11 is 0. The van der Waals surface area contributed by atoms with E-state index >= 15 is 0 Å². The van der Waals surface area contributed by atoms with Gasteiger partial charge in [0, 0.05) is 0 Å². The summed E-state index contributed by atoms with van der Waals surface area (Å²) in [7, 11) is 0. The van der Waals surface area contributed by atoms with Crippen molar-refractivity contribution in [1.82, 2.24) is 9.78 Å². The van der Waals surface area contributed by atoms with Gasteiger partial charge in [0.1, 0.15) is 5.82 Å². The van der Waals surface area contributed by atoms with Gasteiger partial charge in [-0.1, -0.05) is 49.8 Å². The quantitative estimate of drug-likeness (QED) is 0.493. The Morgan fingerprint density at radius 2 is 1.81 bits per heavy atom. The van der Waals surface area contributed by atoms with Crippen molar-refractivity contribution >= 4 is 6.08 Å². The van der Waals surface area contributed by atoms with Gasteiger partial charge in [-0.3, -0.25) is 0 Å². The van der Waals surface area contributed by atoms with Crippen LogP contribution in [0.25, 0.3) is 11.8 Å². The molecule has 0 unspecified atom stereocenters. The first-order valence-corrected chi connectivity index (χ1v) is 9.69. The molecule has 1 aromatic heterocycles. The van der Waals surface area contributed by atoms with E-state index in [4.69, 9.17) is 0 Å². The number of hydrogen-bond acceptors (Lipinski definition) is 1. The average Bonchev–Trinajstić information content (AvgIpc) is 3.09. The third kappa shape index (κ3) is 4.02. The highest BCUT2D eigenvalue weighted by Crippen LogP contribution is 2.37. The molecule has 1 atom stereocenters. The van der Waals surface area contributed by atoms with E-state index in [-0.39, 0.29) is 11.2 Å². The number of allylic oxidation sites excluding steroid dienone is 1. The minimum Gasteiger partial charge on any atom is -0.233 e. The Hall–Kier alpha value is -2.68. The van der Waals surface area contributed by atoms with Gasteiger partial charge in [-0.15, -0.1) is 0 Å². The van der Waals surface area contributed by atoms with Crippen LogP contribution in [0.2, 0.25) is 0 Å². The van der Waals surface area contributed by atoms with Crippen LogP contribution in [0, 0.1) is 11.2 Å². The van der Waals surface area contributed by atoms with Crippen molar-refractivity contribution in [3.05, 3.63) is 89.5 Å². The number of aryl methyl sites for hydroxylation is 1. The fraction of sp³-hybridized carbons (Fsp3) is 0.292. The monoisotopic (exact) mass is 360 g/mol. The van der Waals surface area contributed by atoms with E-state index in [0.717, 1.165) is 24.2 Å². The summed E-state index contributed by atoms with van der Waals surface area (Å²) in [5, 5.41) is 4.54. The molecule has 3 heteroatoms. The SMILES string of the molecule is C[C@]1(CCCCc2ccccc2)C=Cc2c(cnn2-c2ccc(F)cc2)C1. The summed E-state index contributed by atoms with van der Waals surface area (Å²) in [6.07, 6.45) is 12.2. The molecule has 0 amide bonds. The van der Waals surface area contributed by atoms with Crippen LogP contribution >= 0.6 is 0 Å². The Labute approximate surface area is 160 Å². The van der Waals surface area contributed by atoms with E-state index in [9.17, 15) is 4.39 Å². The van der Waals surface area contributed by atoms with Gasteiger partial charge in [-0.2, -0.15) is 5.10 Å². The first-order chi connectivity index (χ1) is 13.1. The highest BCUT2D eigenvalue weighted by molar-refractivity contribution is 5.57. The molecule has 0 saturated carbocycles. The molecule has 0 aliphatic heterocycles. The van der Waals surface area contributed by atoms with Crippen molar-refractivity contribution < 1.29 is 4.39 Å². The van der Waals surface area contributed by atoms with Gasteiger partial charge < -0.3 is 0 Å². The Morgan fingerprint density at radius 3 is 2.59 bits per heavy atom. The molecule has 0 fully saturated rings. The summed E-state index contributed by atoms with van der Waals surface area (Å²) in [5.74, 6) is -0.224. The zero-order valence-electron chi connectivity index (χ0n) is 15.7. The van der Waals surface area contributed by atoms with E-state index in [1.807, 2.05) is 10.9 Å². The third-order valence-electron chi connectivity index (χ3n) is 5.50. The van der Waals surface area contributed by atoms with Crippen molar-refractivity contribution in [1.29, 1.82) is 0 Å². The fourth-order valence-electron chi connectivity index (χ4n) is 3.94. The van der Waals surface area contributed by atoms with Gasteiger partial charge in [-0.05, 0) is 72.6 Å². The lowest BCUT2D eigenvalue weighted by atomic mass is 9.76. The predicted octanol–water partition coefficient (Wildman–Crippen LogP) is 6.00. The van der Waals surface area contributed by atoms with Gasteiger partial charge in [0.15, 0.2) is 0 Å². The maximum absolute atomic E-state index is 13.2. The number of aromatic nitrogens is 2. The Balaban J connectivity index is 1.39. The molecule has 4 rings (SSSR count).